The standard InChI is InChI=1S/C9H12N2O3/c1-11(14-2)9(13)10-7-3-5-8(12)6-4-7/h3-6,12H,1-2H3,(H,10,13). The second kappa shape index (κ2) is 4.48. The zero-order valence-electron chi connectivity index (χ0n) is 8.02. The second-order valence-corrected chi connectivity index (χ2v) is 2.66. The van der Waals surface area contributed by atoms with Crippen molar-refractivity contribution in [1.82, 2.24) is 5.06 Å². The monoisotopic (exact) mass is 196 g/mol. The van der Waals surface area contributed by atoms with E-state index in [2.05, 4.69) is 10.2 Å². The second-order valence-electron chi connectivity index (χ2n) is 2.66. The molecule has 0 heterocycles. The summed E-state index contributed by atoms with van der Waals surface area (Å²) in [7, 11) is 2.89. The summed E-state index contributed by atoms with van der Waals surface area (Å²) in [6.45, 7) is 0. The molecule has 5 heteroatoms. The molecule has 5 nitrogen and oxygen atoms in total. The number of amides is 2. The van der Waals surface area contributed by atoms with Crippen LogP contribution in [-0.4, -0.2) is 30.4 Å². The summed E-state index contributed by atoms with van der Waals surface area (Å²) in [4.78, 5) is 15.9. The third-order valence-electron chi connectivity index (χ3n) is 1.68. The van der Waals surface area contributed by atoms with E-state index in [1.54, 1.807) is 12.1 Å². The molecular formula is C9H12N2O3. The predicted octanol–water partition coefficient (Wildman–Crippen LogP) is 1.42. The summed E-state index contributed by atoms with van der Waals surface area (Å²) in [6, 6.07) is 5.79. The Labute approximate surface area is 81.9 Å². The van der Waals surface area contributed by atoms with Crippen molar-refractivity contribution < 1.29 is 14.7 Å². The van der Waals surface area contributed by atoms with Crippen molar-refractivity contribution in [1.29, 1.82) is 0 Å². The fraction of sp³-hybridized carbons (Fsp3) is 0.222. The average Bonchev–Trinajstić information content (AvgIpc) is 2.20. The van der Waals surface area contributed by atoms with E-state index in [-0.39, 0.29) is 11.8 Å². The van der Waals surface area contributed by atoms with Crippen LogP contribution in [0.15, 0.2) is 24.3 Å². The number of urea groups is 1. The van der Waals surface area contributed by atoms with Gasteiger partial charge in [-0.25, -0.2) is 9.86 Å². The largest absolute Gasteiger partial charge is 0.508 e. The molecule has 1 aromatic rings. The number of benzene rings is 1. The van der Waals surface area contributed by atoms with Crippen LogP contribution >= 0.6 is 0 Å². The molecule has 0 unspecified atom stereocenters. The third-order valence-corrected chi connectivity index (χ3v) is 1.68. The van der Waals surface area contributed by atoms with Crippen LogP contribution < -0.4 is 5.32 Å². The van der Waals surface area contributed by atoms with Crippen molar-refractivity contribution in [2.75, 3.05) is 19.5 Å². The topological polar surface area (TPSA) is 61.8 Å². The number of nitrogens with zero attached hydrogens (tertiary/aromatic N) is 1. The molecule has 0 radical (unpaired) electrons. The van der Waals surface area contributed by atoms with Crippen LogP contribution in [0.25, 0.3) is 0 Å². The first-order valence-corrected chi connectivity index (χ1v) is 4.01. The maximum Gasteiger partial charge on any atom is 0.345 e. The van der Waals surface area contributed by atoms with Crippen molar-refractivity contribution in [3.8, 4) is 5.75 Å². The van der Waals surface area contributed by atoms with Crippen molar-refractivity contribution in [3.63, 3.8) is 0 Å². The highest BCUT2D eigenvalue weighted by Gasteiger charge is 2.06. The summed E-state index contributed by atoms with van der Waals surface area (Å²) in [5.74, 6) is 0.156. The fourth-order valence-corrected chi connectivity index (χ4v) is 0.830. The van der Waals surface area contributed by atoms with Crippen molar-refractivity contribution in [3.05, 3.63) is 24.3 Å². The Morgan fingerprint density at radius 3 is 2.50 bits per heavy atom. The molecule has 0 aliphatic rings. The van der Waals surface area contributed by atoms with Gasteiger partial charge in [0.1, 0.15) is 5.75 Å². The molecule has 2 N–H and O–H groups in total. The number of hydrogen-bond acceptors (Lipinski definition) is 3. The molecule has 14 heavy (non-hydrogen) atoms. The number of phenolic OH excluding ortho intramolecular Hbond substituents is 1. The first-order chi connectivity index (χ1) is 6.63. The van der Waals surface area contributed by atoms with Gasteiger partial charge in [-0.3, -0.25) is 4.84 Å². The molecule has 1 aromatic carbocycles. The summed E-state index contributed by atoms with van der Waals surface area (Å²) >= 11 is 0. The minimum Gasteiger partial charge on any atom is -0.508 e. The highest BCUT2D eigenvalue weighted by Crippen LogP contribution is 2.13. The van der Waals surface area contributed by atoms with Gasteiger partial charge in [-0.15, -0.1) is 0 Å². The minimum absolute atomic E-state index is 0.156. The summed E-state index contributed by atoms with van der Waals surface area (Å²) in [5, 5.41) is 12.6. The van der Waals surface area contributed by atoms with Crippen molar-refractivity contribution >= 4 is 11.7 Å². The Kier molecular flexibility index (Phi) is 3.30. The van der Waals surface area contributed by atoms with Gasteiger partial charge in [0.2, 0.25) is 0 Å². The van der Waals surface area contributed by atoms with Crippen LogP contribution in [-0.2, 0) is 4.84 Å². The predicted molar refractivity (Wildman–Crippen MR) is 51.9 cm³/mol. The van der Waals surface area contributed by atoms with Crippen molar-refractivity contribution in [2.45, 2.75) is 0 Å². The van der Waals surface area contributed by atoms with E-state index in [0.717, 1.165) is 5.06 Å². The molecule has 0 saturated heterocycles. The summed E-state index contributed by atoms with van der Waals surface area (Å²) in [6.07, 6.45) is 0. The number of phenols is 1. The Balaban J connectivity index is 2.60. The van der Waals surface area contributed by atoms with Crippen LogP contribution in [0.1, 0.15) is 0 Å². The molecular weight excluding hydrogens is 184 g/mol. The van der Waals surface area contributed by atoms with Gasteiger partial charge in [0.15, 0.2) is 0 Å². The van der Waals surface area contributed by atoms with Crippen LogP contribution in [0.5, 0.6) is 5.75 Å². The normalized spacial score (nSPS) is 9.57. The van der Waals surface area contributed by atoms with E-state index in [0.29, 0.717) is 5.69 Å². The molecule has 0 aliphatic heterocycles. The molecule has 0 fully saturated rings. The number of nitrogens with one attached hydrogen (secondary N) is 1. The molecule has 0 saturated carbocycles. The lowest BCUT2D eigenvalue weighted by atomic mass is 10.3. The van der Waals surface area contributed by atoms with E-state index in [1.165, 1.54) is 26.3 Å². The lowest BCUT2D eigenvalue weighted by molar-refractivity contribution is -0.0598. The van der Waals surface area contributed by atoms with E-state index >= 15 is 0 Å². The molecule has 76 valence electrons. The molecule has 0 bridgehead atoms. The van der Waals surface area contributed by atoms with Crippen molar-refractivity contribution in [2.24, 2.45) is 0 Å². The van der Waals surface area contributed by atoms with Gasteiger partial charge in [0, 0.05) is 12.7 Å². The SMILES string of the molecule is CON(C)C(=O)Nc1ccc(O)cc1. The van der Waals surface area contributed by atoms with E-state index in [1.807, 2.05) is 0 Å². The van der Waals surface area contributed by atoms with Gasteiger partial charge in [-0.1, -0.05) is 0 Å². The van der Waals surface area contributed by atoms with Gasteiger partial charge in [-0.05, 0) is 24.3 Å². The van der Waals surface area contributed by atoms with Crippen LogP contribution in [0.2, 0.25) is 0 Å². The Morgan fingerprint density at radius 1 is 1.43 bits per heavy atom. The number of hydrogen-bond donors (Lipinski definition) is 2. The molecule has 0 atom stereocenters. The fourth-order valence-electron chi connectivity index (χ4n) is 0.830. The Morgan fingerprint density at radius 2 is 2.00 bits per heavy atom. The Hall–Kier alpha value is -1.75. The van der Waals surface area contributed by atoms with E-state index < -0.39 is 0 Å². The van der Waals surface area contributed by atoms with E-state index in [4.69, 9.17) is 5.11 Å². The van der Waals surface area contributed by atoms with Gasteiger partial charge >= 0.3 is 6.03 Å². The molecule has 0 aliphatic carbocycles. The number of aromatic hydroxyl groups is 1. The van der Waals surface area contributed by atoms with Gasteiger partial charge in [-0.2, -0.15) is 0 Å². The zero-order valence-corrected chi connectivity index (χ0v) is 8.02. The third kappa shape index (κ3) is 2.63. The lowest BCUT2D eigenvalue weighted by Crippen LogP contribution is -2.30. The highest BCUT2D eigenvalue weighted by atomic mass is 16.7. The zero-order chi connectivity index (χ0) is 10.6. The lowest BCUT2D eigenvalue weighted by Gasteiger charge is -2.14. The number of carbonyl (C=O) groups is 1. The quantitative estimate of drug-likeness (QED) is 0.555. The van der Waals surface area contributed by atoms with Gasteiger partial charge in [0.25, 0.3) is 0 Å². The van der Waals surface area contributed by atoms with Gasteiger partial charge in [0.05, 0.1) is 7.11 Å². The first-order valence-electron chi connectivity index (χ1n) is 4.01. The maximum absolute atomic E-state index is 11.3. The Bertz CT molecular complexity index is 310. The first kappa shape index (κ1) is 10.3. The maximum atomic E-state index is 11.3. The summed E-state index contributed by atoms with van der Waals surface area (Å²) in [5.41, 5.74) is 0.594. The van der Waals surface area contributed by atoms with Crippen LogP contribution in [0.4, 0.5) is 10.5 Å². The van der Waals surface area contributed by atoms with Crippen LogP contribution in [0, 0.1) is 0 Å². The molecule has 0 aromatic heterocycles. The van der Waals surface area contributed by atoms with E-state index in [9.17, 15) is 4.79 Å². The number of rotatable bonds is 2. The minimum atomic E-state index is -0.377. The number of carbonyl (C=O) groups excluding carboxylic acids is 1. The molecule has 1 rings (SSSR count). The highest BCUT2D eigenvalue weighted by molar-refractivity contribution is 5.88. The number of anilines is 1. The summed E-state index contributed by atoms with van der Waals surface area (Å²) < 4.78 is 0. The molecule has 0 spiro atoms. The number of hydroxylamine groups is 2. The van der Waals surface area contributed by atoms with Gasteiger partial charge < -0.3 is 10.4 Å². The average molecular weight is 196 g/mol. The van der Waals surface area contributed by atoms with Crippen LogP contribution in [0.3, 0.4) is 0 Å². The molecule has 2 amide bonds. The smallest absolute Gasteiger partial charge is 0.345 e.